The fourth-order valence-electron chi connectivity index (χ4n) is 2.24. The standard InChI is InChI=1S/C14H12F3N3O3/c15-14(16,17)9-3-1-8(2-4-9)12-11(5-18-19-12)13(22)20-6-10(21)7-23-20/h1-5,10,21H,6-7H2,(H,18,19)/t10-/m1/s1. The molecule has 6 nitrogen and oxygen atoms in total. The number of H-pyrrole nitrogens is 1. The van der Waals surface area contributed by atoms with Crippen LogP contribution in [0.5, 0.6) is 0 Å². The smallest absolute Gasteiger partial charge is 0.389 e. The van der Waals surface area contributed by atoms with Crippen LogP contribution in [0.2, 0.25) is 0 Å². The number of amides is 1. The zero-order valence-electron chi connectivity index (χ0n) is 11.7. The maximum absolute atomic E-state index is 12.6. The van der Waals surface area contributed by atoms with Crippen LogP contribution < -0.4 is 0 Å². The SMILES string of the molecule is O=C(c1cn[nH]c1-c1ccc(C(F)(F)F)cc1)N1C[C@@H](O)CO1. The van der Waals surface area contributed by atoms with Crippen LogP contribution in [-0.4, -0.2) is 45.5 Å². The molecule has 1 aliphatic heterocycles. The Morgan fingerprint density at radius 2 is 2.04 bits per heavy atom. The fourth-order valence-corrected chi connectivity index (χ4v) is 2.24. The van der Waals surface area contributed by atoms with Crippen molar-refractivity contribution in [2.75, 3.05) is 13.2 Å². The summed E-state index contributed by atoms with van der Waals surface area (Å²) in [6.07, 6.45) is -3.92. The number of benzene rings is 1. The third-order valence-corrected chi connectivity index (χ3v) is 3.40. The first kappa shape index (κ1) is 15.5. The molecular formula is C14H12F3N3O3. The van der Waals surface area contributed by atoms with Gasteiger partial charge in [0.25, 0.3) is 5.91 Å². The van der Waals surface area contributed by atoms with Crippen LogP contribution in [0.15, 0.2) is 30.5 Å². The minimum atomic E-state index is -4.43. The number of aliphatic hydroxyl groups is 1. The lowest BCUT2D eigenvalue weighted by Crippen LogP contribution is -2.28. The summed E-state index contributed by atoms with van der Waals surface area (Å²) in [5.41, 5.74) is 0.0470. The van der Waals surface area contributed by atoms with Crippen LogP contribution >= 0.6 is 0 Å². The number of hydrogen-bond acceptors (Lipinski definition) is 4. The minimum Gasteiger partial charge on any atom is -0.389 e. The van der Waals surface area contributed by atoms with Crippen molar-refractivity contribution in [1.82, 2.24) is 15.3 Å². The second-order valence-corrected chi connectivity index (χ2v) is 5.05. The van der Waals surface area contributed by atoms with Gasteiger partial charge in [0.1, 0.15) is 12.7 Å². The van der Waals surface area contributed by atoms with E-state index < -0.39 is 23.8 Å². The maximum atomic E-state index is 12.6. The molecule has 2 N–H and O–H groups in total. The van der Waals surface area contributed by atoms with Crippen molar-refractivity contribution in [2.24, 2.45) is 0 Å². The van der Waals surface area contributed by atoms with Gasteiger partial charge in [-0.25, -0.2) is 5.06 Å². The van der Waals surface area contributed by atoms with E-state index in [1.807, 2.05) is 0 Å². The highest BCUT2D eigenvalue weighted by atomic mass is 19.4. The summed E-state index contributed by atoms with van der Waals surface area (Å²) in [5.74, 6) is -0.523. The van der Waals surface area contributed by atoms with E-state index in [-0.39, 0.29) is 24.4 Å². The summed E-state index contributed by atoms with van der Waals surface area (Å²) in [4.78, 5) is 17.4. The molecule has 1 amide bonds. The fraction of sp³-hybridized carbons (Fsp3) is 0.286. The van der Waals surface area contributed by atoms with Crippen molar-refractivity contribution in [2.45, 2.75) is 12.3 Å². The van der Waals surface area contributed by atoms with E-state index in [1.54, 1.807) is 0 Å². The predicted molar refractivity (Wildman–Crippen MR) is 72.0 cm³/mol. The van der Waals surface area contributed by atoms with Gasteiger partial charge >= 0.3 is 6.18 Å². The lowest BCUT2D eigenvalue weighted by Gasteiger charge is -2.13. The topological polar surface area (TPSA) is 78.5 Å². The molecule has 0 aliphatic carbocycles. The molecule has 1 aliphatic rings. The van der Waals surface area contributed by atoms with Crippen LogP contribution in [0.1, 0.15) is 15.9 Å². The Hall–Kier alpha value is -2.39. The number of carbonyl (C=O) groups is 1. The number of nitrogens with zero attached hydrogens (tertiary/aromatic N) is 2. The highest BCUT2D eigenvalue weighted by Crippen LogP contribution is 2.31. The first-order valence-corrected chi connectivity index (χ1v) is 6.70. The van der Waals surface area contributed by atoms with Gasteiger partial charge in [0.2, 0.25) is 0 Å². The zero-order chi connectivity index (χ0) is 16.6. The molecule has 1 fully saturated rings. The Kier molecular flexibility index (Phi) is 3.82. The average molecular weight is 327 g/mol. The number of aliphatic hydroxyl groups excluding tert-OH is 1. The van der Waals surface area contributed by atoms with Crippen molar-refractivity contribution in [3.63, 3.8) is 0 Å². The summed E-state index contributed by atoms with van der Waals surface area (Å²) < 4.78 is 37.8. The number of hydrogen-bond donors (Lipinski definition) is 2. The van der Waals surface area contributed by atoms with E-state index in [0.29, 0.717) is 5.56 Å². The van der Waals surface area contributed by atoms with Gasteiger partial charge in [-0.3, -0.25) is 14.7 Å². The number of nitrogens with one attached hydrogen (secondary N) is 1. The van der Waals surface area contributed by atoms with Gasteiger partial charge in [-0.2, -0.15) is 18.3 Å². The van der Waals surface area contributed by atoms with Gasteiger partial charge in [-0.15, -0.1) is 0 Å². The largest absolute Gasteiger partial charge is 0.416 e. The molecule has 1 aromatic carbocycles. The summed E-state index contributed by atoms with van der Waals surface area (Å²) in [6, 6.07) is 4.38. The Morgan fingerprint density at radius 1 is 1.35 bits per heavy atom. The molecule has 1 aromatic heterocycles. The van der Waals surface area contributed by atoms with Crippen LogP contribution in [0.25, 0.3) is 11.3 Å². The summed E-state index contributed by atoms with van der Waals surface area (Å²) in [6.45, 7) is 0.0374. The monoisotopic (exact) mass is 327 g/mol. The Bertz CT molecular complexity index is 712. The summed E-state index contributed by atoms with van der Waals surface area (Å²) in [5, 5.41) is 16.8. The van der Waals surface area contributed by atoms with Gasteiger partial charge in [0.15, 0.2) is 0 Å². The molecular weight excluding hydrogens is 315 g/mol. The van der Waals surface area contributed by atoms with E-state index >= 15 is 0 Å². The lowest BCUT2D eigenvalue weighted by molar-refractivity contribution is -0.137. The number of alkyl halides is 3. The van der Waals surface area contributed by atoms with Crippen LogP contribution in [-0.2, 0) is 11.0 Å². The molecule has 3 rings (SSSR count). The highest BCUT2D eigenvalue weighted by Gasteiger charge is 2.31. The van der Waals surface area contributed by atoms with E-state index in [2.05, 4.69) is 10.2 Å². The molecule has 0 unspecified atom stereocenters. The Balaban J connectivity index is 1.87. The third-order valence-electron chi connectivity index (χ3n) is 3.40. The number of hydroxylamine groups is 2. The van der Waals surface area contributed by atoms with Crippen molar-refractivity contribution in [3.8, 4) is 11.3 Å². The molecule has 23 heavy (non-hydrogen) atoms. The van der Waals surface area contributed by atoms with Gasteiger partial charge in [-0.1, -0.05) is 12.1 Å². The van der Waals surface area contributed by atoms with Gasteiger partial charge in [-0.05, 0) is 12.1 Å². The quantitative estimate of drug-likeness (QED) is 0.882. The van der Waals surface area contributed by atoms with E-state index in [9.17, 15) is 23.1 Å². The average Bonchev–Trinajstić information content (AvgIpc) is 3.14. The molecule has 9 heteroatoms. The summed E-state index contributed by atoms with van der Waals surface area (Å²) in [7, 11) is 0. The number of carbonyl (C=O) groups excluding carboxylic acids is 1. The molecule has 2 heterocycles. The molecule has 0 saturated carbocycles. The number of rotatable bonds is 2. The van der Waals surface area contributed by atoms with E-state index in [4.69, 9.17) is 4.84 Å². The van der Waals surface area contributed by atoms with Crippen molar-refractivity contribution >= 4 is 5.91 Å². The van der Waals surface area contributed by atoms with Gasteiger partial charge in [0.05, 0.1) is 29.6 Å². The highest BCUT2D eigenvalue weighted by molar-refractivity contribution is 5.99. The molecule has 2 aromatic rings. The second-order valence-electron chi connectivity index (χ2n) is 5.05. The van der Waals surface area contributed by atoms with Gasteiger partial charge in [0, 0.05) is 5.56 Å². The van der Waals surface area contributed by atoms with Crippen LogP contribution in [0.4, 0.5) is 13.2 Å². The third kappa shape index (κ3) is 3.06. The number of aromatic amines is 1. The Morgan fingerprint density at radius 3 is 2.61 bits per heavy atom. The van der Waals surface area contributed by atoms with Gasteiger partial charge < -0.3 is 5.11 Å². The zero-order valence-corrected chi connectivity index (χ0v) is 11.7. The Labute approximate surface area is 128 Å². The second kappa shape index (κ2) is 5.67. The first-order valence-electron chi connectivity index (χ1n) is 6.70. The number of halogens is 3. The lowest BCUT2D eigenvalue weighted by atomic mass is 10.1. The van der Waals surface area contributed by atoms with E-state index in [0.717, 1.165) is 17.2 Å². The molecule has 122 valence electrons. The van der Waals surface area contributed by atoms with E-state index in [1.165, 1.54) is 18.3 Å². The maximum Gasteiger partial charge on any atom is 0.416 e. The minimum absolute atomic E-state index is 0.0131. The van der Waals surface area contributed by atoms with Crippen LogP contribution in [0.3, 0.4) is 0 Å². The number of aromatic nitrogens is 2. The molecule has 0 spiro atoms. The molecule has 1 saturated heterocycles. The summed E-state index contributed by atoms with van der Waals surface area (Å²) >= 11 is 0. The van der Waals surface area contributed by atoms with Crippen molar-refractivity contribution < 1.29 is 27.9 Å². The molecule has 0 radical (unpaired) electrons. The molecule has 1 atom stereocenters. The number of β-amino-alcohol motifs (C(OH)–C–C–N with tert-alkyl or cyclic N) is 1. The van der Waals surface area contributed by atoms with Crippen LogP contribution in [0, 0.1) is 0 Å². The predicted octanol–water partition coefficient (Wildman–Crippen LogP) is 1.84. The van der Waals surface area contributed by atoms with Crippen molar-refractivity contribution in [3.05, 3.63) is 41.6 Å². The first-order chi connectivity index (χ1) is 10.9. The molecule has 0 bridgehead atoms. The van der Waals surface area contributed by atoms with Crippen molar-refractivity contribution in [1.29, 1.82) is 0 Å². The normalized spacial score (nSPS) is 18.4.